The topological polar surface area (TPSA) is 65.1 Å². The second kappa shape index (κ2) is 7.03. The molecule has 1 aliphatic rings. The average molecular weight is 266 g/mol. The maximum Gasteiger partial charge on any atom is 0.129 e. The molecule has 1 heterocycles. The number of nitrogens with zero attached hydrogens (tertiary/aromatic N) is 2. The molecule has 5 heteroatoms. The van der Waals surface area contributed by atoms with Gasteiger partial charge in [-0.25, -0.2) is 10.4 Å². The summed E-state index contributed by atoms with van der Waals surface area (Å²) in [5.74, 6) is 7.31. The summed E-state index contributed by atoms with van der Waals surface area (Å²) >= 11 is 0. The largest absolute Gasteiger partial charge is 0.376 e. The third-order valence-corrected chi connectivity index (χ3v) is 4.12. The van der Waals surface area contributed by atoms with E-state index in [0.717, 1.165) is 5.82 Å². The smallest absolute Gasteiger partial charge is 0.129 e. The van der Waals surface area contributed by atoms with Crippen molar-refractivity contribution in [1.82, 2.24) is 15.0 Å². The number of nitrogens with one attached hydrogen (secondary N) is 1. The van der Waals surface area contributed by atoms with E-state index in [2.05, 4.69) is 10.4 Å². The van der Waals surface area contributed by atoms with E-state index in [4.69, 9.17) is 10.6 Å². The van der Waals surface area contributed by atoms with E-state index in [-0.39, 0.29) is 12.1 Å². The maximum absolute atomic E-state index is 6.02. The highest BCUT2D eigenvalue weighted by atomic mass is 16.5. The minimum Gasteiger partial charge on any atom is -0.376 e. The molecule has 0 amide bonds. The molecule has 2 unspecified atom stereocenters. The van der Waals surface area contributed by atoms with Crippen molar-refractivity contribution in [3.05, 3.63) is 18.2 Å². The second-order valence-electron chi connectivity index (χ2n) is 5.36. The summed E-state index contributed by atoms with van der Waals surface area (Å²) in [6.45, 7) is 2.76. The number of hydrazine groups is 1. The number of nitrogens with two attached hydrogens (primary N) is 1. The van der Waals surface area contributed by atoms with Crippen molar-refractivity contribution >= 4 is 0 Å². The minimum absolute atomic E-state index is 0.0388. The van der Waals surface area contributed by atoms with E-state index in [1.165, 1.54) is 32.1 Å². The molecule has 3 N–H and O–H groups in total. The van der Waals surface area contributed by atoms with Gasteiger partial charge in [0.2, 0.25) is 0 Å². The highest BCUT2D eigenvalue weighted by molar-refractivity contribution is 5.03. The van der Waals surface area contributed by atoms with Crippen LogP contribution in [0, 0.1) is 5.92 Å². The van der Waals surface area contributed by atoms with E-state index in [1.807, 2.05) is 30.9 Å². The van der Waals surface area contributed by atoms with Crippen LogP contribution in [-0.4, -0.2) is 22.3 Å². The number of ether oxygens (including phenoxy) is 1. The van der Waals surface area contributed by atoms with Crippen LogP contribution < -0.4 is 11.3 Å². The maximum atomic E-state index is 6.02. The second-order valence-corrected chi connectivity index (χ2v) is 5.36. The molecular weight excluding hydrogens is 240 g/mol. The molecule has 0 aliphatic heterocycles. The predicted molar refractivity (Wildman–Crippen MR) is 75.3 cm³/mol. The Kier molecular flexibility index (Phi) is 5.36. The molecule has 0 spiro atoms. The predicted octanol–water partition coefficient (Wildman–Crippen LogP) is 1.91. The van der Waals surface area contributed by atoms with Crippen LogP contribution in [0.2, 0.25) is 0 Å². The Bertz CT molecular complexity index is 373. The zero-order valence-corrected chi connectivity index (χ0v) is 12.0. The van der Waals surface area contributed by atoms with Gasteiger partial charge in [0.05, 0.1) is 6.10 Å². The fraction of sp³-hybridized carbons (Fsp3) is 0.786. The molecule has 1 aliphatic carbocycles. The van der Waals surface area contributed by atoms with Crippen LogP contribution in [0.5, 0.6) is 0 Å². The molecule has 1 aromatic rings. The monoisotopic (exact) mass is 266 g/mol. The van der Waals surface area contributed by atoms with E-state index >= 15 is 0 Å². The lowest BCUT2D eigenvalue weighted by Gasteiger charge is -2.34. The molecule has 5 nitrogen and oxygen atoms in total. The Balaban J connectivity index is 2.17. The van der Waals surface area contributed by atoms with Crippen molar-refractivity contribution in [2.24, 2.45) is 18.8 Å². The molecule has 1 aromatic heterocycles. The SMILES string of the molecule is CCOC(C1CCCCC1)C(NN)c1nccn1C. The van der Waals surface area contributed by atoms with Gasteiger partial charge in [0.15, 0.2) is 0 Å². The summed E-state index contributed by atoms with van der Waals surface area (Å²) in [6.07, 6.45) is 10.3. The molecular formula is C14H26N4O. The van der Waals surface area contributed by atoms with Crippen molar-refractivity contribution in [3.63, 3.8) is 0 Å². The first-order valence-corrected chi connectivity index (χ1v) is 7.32. The fourth-order valence-corrected chi connectivity index (χ4v) is 3.15. The Morgan fingerprint density at radius 1 is 1.47 bits per heavy atom. The molecule has 0 radical (unpaired) electrons. The van der Waals surface area contributed by atoms with E-state index < -0.39 is 0 Å². The standard InChI is InChI=1S/C14H26N4O/c1-3-19-13(11-7-5-4-6-8-11)12(17-15)14-16-9-10-18(14)2/h9-13,17H,3-8,15H2,1-2H3. The highest BCUT2D eigenvalue weighted by Crippen LogP contribution is 2.33. The van der Waals surface area contributed by atoms with Crippen molar-refractivity contribution in [2.45, 2.75) is 51.2 Å². The number of rotatable bonds is 6. The van der Waals surface area contributed by atoms with E-state index in [9.17, 15) is 0 Å². The summed E-state index contributed by atoms with van der Waals surface area (Å²) < 4.78 is 8.03. The van der Waals surface area contributed by atoms with Gasteiger partial charge in [0.25, 0.3) is 0 Å². The van der Waals surface area contributed by atoms with E-state index in [1.54, 1.807) is 0 Å². The lowest BCUT2D eigenvalue weighted by Crippen LogP contribution is -2.43. The minimum atomic E-state index is -0.0388. The number of hydrogen-bond donors (Lipinski definition) is 2. The first kappa shape index (κ1) is 14.5. The van der Waals surface area contributed by atoms with Gasteiger partial charge in [-0.15, -0.1) is 0 Å². The zero-order valence-electron chi connectivity index (χ0n) is 12.0. The summed E-state index contributed by atoms with van der Waals surface area (Å²) in [6, 6.07) is -0.0388. The Morgan fingerprint density at radius 3 is 2.74 bits per heavy atom. The number of imidazole rings is 1. The van der Waals surface area contributed by atoms with Crippen molar-refractivity contribution in [3.8, 4) is 0 Å². The molecule has 1 saturated carbocycles. The van der Waals surface area contributed by atoms with E-state index in [0.29, 0.717) is 12.5 Å². The fourth-order valence-electron chi connectivity index (χ4n) is 3.15. The van der Waals surface area contributed by atoms with Crippen LogP contribution in [0.15, 0.2) is 12.4 Å². The quantitative estimate of drug-likeness (QED) is 0.610. The van der Waals surface area contributed by atoms with Gasteiger partial charge >= 0.3 is 0 Å². The summed E-state index contributed by atoms with van der Waals surface area (Å²) in [5, 5.41) is 0. The lowest BCUT2D eigenvalue weighted by molar-refractivity contribution is -0.0208. The third-order valence-electron chi connectivity index (χ3n) is 4.12. The van der Waals surface area contributed by atoms with Crippen LogP contribution >= 0.6 is 0 Å². The average Bonchev–Trinajstić information content (AvgIpc) is 2.86. The van der Waals surface area contributed by atoms with Crippen LogP contribution in [0.3, 0.4) is 0 Å². The first-order valence-electron chi connectivity index (χ1n) is 7.32. The van der Waals surface area contributed by atoms with Crippen LogP contribution in [-0.2, 0) is 11.8 Å². The Hall–Kier alpha value is -0.910. The summed E-state index contributed by atoms with van der Waals surface area (Å²) in [4.78, 5) is 4.43. The van der Waals surface area contributed by atoms with Crippen molar-refractivity contribution in [1.29, 1.82) is 0 Å². The van der Waals surface area contributed by atoms with Gasteiger partial charge in [-0.2, -0.15) is 0 Å². The van der Waals surface area contributed by atoms with Gasteiger partial charge in [-0.05, 0) is 25.7 Å². The molecule has 1 fully saturated rings. The van der Waals surface area contributed by atoms with Gasteiger partial charge < -0.3 is 9.30 Å². The number of aryl methyl sites for hydroxylation is 1. The molecule has 0 aromatic carbocycles. The number of aromatic nitrogens is 2. The molecule has 19 heavy (non-hydrogen) atoms. The van der Waals surface area contributed by atoms with Gasteiger partial charge in [-0.1, -0.05) is 19.3 Å². The van der Waals surface area contributed by atoms with Gasteiger partial charge in [-0.3, -0.25) is 5.84 Å². The van der Waals surface area contributed by atoms with Crippen molar-refractivity contribution in [2.75, 3.05) is 6.61 Å². The summed E-state index contributed by atoms with van der Waals surface area (Å²) in [5.41, 5.74) is 2.92. The third kappa shape index (κ3) is 3.35. The molecule has 0 bridgehead atoms. The normalized spacial score (nSPS) is 20.4. The molecule has 0 saturated heterocycles. The van der Waals surface area contributed by atoms with Crippen LogP contribution in [0.1, 0.15) is 50.9 Å². The zero-order chi connectivity index (χ0) is 13.7. The highest BCUT2D eigenvalue weighted by Gasteiger charge is 2.33. The van der Waals surface area contributed by atoms with Gasteiger partial charge in [0, 0.05) is 26.0 Å². The summed E-state index contributed by atoms with van der Waals surface area (Å²) in [7, 11) is 2.00. The number of hydrogen-bond acceptors (Lipinski definition) is 4. The van der Waals surface area contributed by atoms with Gasteiger partial charge in [0.1, 0.15) is 11.9 Å². The molecule has 2 rings (SSSR count). The van der Waals surface area contributed by atoms with Crippen LogP contribution in [0.25, 0.3) is 0 Å². The first-order chi connectivity index (χ1) is 9.27. The Labute approximate surface area is 115 Å². The lowest BCUT2D eigenvalue weighted by atomic mass is 9.82. The van der Waals surface area contributed by atoms with Crippen molar-refractivity contribution < 1.29 is 4.74 Å². The molecule has 108 valence electrons. The Morgan fingerprint density at radius 2 is 2.21 bits per heavy atom. The molecule has 2 atom stereocenters. The van der Waals surface area contributed by atoms with Crippen LogP contribution in [0.4, 0.5) is 0 Å².